The van der Waals surface area contributed by atoms with Gasteiger partial charge in [0.25, 0.3) is 0 Å². The van der Waals surface area contributed by atoms with Crippen LogP contribution in [0.1, 0.15) is 51.3 Å². The van der Waals surface area contributed by atoms with Crippen molar-refractivity contribution < 1.29 is 9.26 Å². The summed E-state index contributed by atoms with van der Waals surface area (Å²) in [7, 11) is 0. The zero-order valence-electron chi connectivity index (χ0n) is 15.9. The number of hydrogen-bond acceptors (Lipinski definition) is 7. The van der Waals surface area contributed by atoms with Gasteiger partial charge in [-0.2, -0.15) is 4.98 Å². The van der Waals surface area contributed by atoms with E-state index < -0.39 is 0 Å². The molecule has 2 aromatic heterocycles. The fraction of sp³-hybridized carbons (Fsp3) is 0.632. The summed E-state index contributed by atoms with van der Waals surface area (Å²) in [5.41, 5.74) is 0. The van der Waals surface area contributed by atoms with E-state index in [4.69, 9.17) is 9.26 Å². The zero-order valence-corrected chi connectivity index (χ0v) is 16.7. The normalized spacial score (nSPS) is 15.6. The van der Waals surface area contributed by atoms with Crippen LogP contribution in [0.25, 0.3) is 0 Å². The van der Waals surface area contributed by atoms with Crippen molar-refractivity contribution in [1.29, 1.82) is 0 Å². The first-order valence-corrected chi connectivity index (χ1v) is 10.6. The van der Waals surface area contributed by atoms with E-state index in [9.17, 15) is 0 Å². The van der Waals surface area contributed by atoms with Crippen LogP contribution in [-0.4, -0.2) is 41.1 Å². The summed E-state index contributed by atoms with van der Waals surface area (Å²) in [6.45, 7) is 6.89. The van der Waals surface area contributed by atoms with E-state index in [1.54, 1.807) is 18.0 Å². The van der Waals surface area contributed by atoms with Crippen molar-refractivity contribution in [2.75, 3.05) is 30.9 Å². The molecule has 1 aliphatic heterocycles. The van der Waals surface area contributed by atoms with Crippen LogP contribution in [0, 0.1) is 5.92 Å². The minimum absolute atomic E-state index is 0.302. The van der Waals surface area contributed by atoms with Gasteiger partial charge in [-0.1, -0.05) is 19.0 Å². The molecule has 0 spiro atoms. The Balaban J connectivity index is 1.37. The lowest BCUT2D eigenvalue weighted by molar-refractivity contribution is 0.270. The molecule has 7 heteroatoms. The number of pyridine rings is 1. The Hall–Kier alpha value is -1.76. The SMILES string of the molecule is CSc1ncccc1OCCCC1CCN(c2nc(C(C)C)no2)CC1. The van der Waals surface area contributed by atoms with Crippen molar-refractivity contribution in [2.24, 2.45) is 5.92 Å². The molecule has 0 aliphatic carbocycles. The topological polar surface area (TPSA) is 64.3 Å². The molecule has 0 atom stereocenters. The first-order chi connectivity index (χ1) is 12.7. The minimum atomic E-state index is 0.302. The predicted octanol–water partition coefficient (Wildman–Crippen LogP) is 4.39. The van der Waals surface area contributed by atoms with Gasteiger partial charge in [-0.3, -0.25) is 0 Å². The minimum Gasteiger partial charge on any atom is -0.491 e. The van der Waals surface area contributed by atoms with Gasteiger partial charge in [0.05, 0.1) is 6.61 Å². The molecule has 0 saturated carbocycles. The number of nitrogens with zero attached hydrogens (tertiary/aromatic N) is 4. The highest BCUT2D eigenvalue weighted by molar-refractivity contribution is 7.98. The van der Waals surface area contributed by atoms with Crippen LogP contribution >= 0.6 is 11.8 Å². The Labute approximate surface area is 159 Å². The third kappa shape index (κ3) is 4.90. The molecule has 0 amide bonds. The van der Waals surface area contributed by atoms with Crippen LogP contribution in [0.15, 0.2) is 27.9 Å². The molecule has 0 unspecified atom stereocenters. The lowest BCUT2D eigenvalue weighted by atomic mass is 9.92. The fourth-order valence-electron chi connectivity index (χ4n) is 3.20. The number of rotatable bonds is 8. The first kappa shape index (κ1) is 19.0. The van der Waals surface area contributed by atoms with Gasteiger partial charge in [0.1, 0.15) is 5.03 Å². The van der Waals surface area contributed by atoms with Crippen LogP contribution < -0.4 is 9.64 Å². The Morgan fingerprint density at radius 3 is 2.85 bits per heavy atom. The highest BCUT2D eigenvalue weighted by Crippen LogP contribution is 2.27. The van der Waals surface area contributed by atoms with Gasteiger partial charge in [-0.25, -0.2) is 4.98 Å². The summed E-state index contributed by atoms with van der Waals surface area (Å²) in [6.07, 6.45) is 8.44. The quantitative estimate of drug-likeness (QED) is 0.500. The van der Waals surface area contributed by atoms with Crippen LogP contribution in [0.5, 0.6) is 5.75 Å². The van der Waals surface area contributed by atoms with E-state index in [0.29, 0.717) is 11.9 Å². The number of hydrogen-bond donors (Lipinski definition) is 0. The van der Waals surface area contributed by atoms with Crippen molar-refractivity contribution in [2.45, 2.75) is 50.5 Å². The van der Waals surface area contributed by atoms with Crippen molar-refractivity contribution in [3.63, 3.8) is 0 Å². The molecule has 3 heterocycles. The summed E-state index contributed by atoms with van der Waals surface area (Å²) in [4.78, 5) is 11.0. The average Bonchev–Trinajstić information content (AvgIpc) is 3.16. The molecule has 1 saturated heterocycles. The number of aromatic nitrogens is 3. The second kappa shape index (κ2) is 9.26. The van der Waals surface area contributed by atoms with E-state index in [-0.39, 0.29) is 0 Å². The smallest absolute Gasteiger partial charge is 0.324 e. The van der Waals surface area contributed by atoms with Gasteiger partial charge >= 0.3 is 6.01 Å². The van der Waals surface area contributed by atoms with Gasteiger partial charge in [0, 0.05) is 25.2 Å². The molecule has 26 heavy (non-hydrogen) atoms. The molecule has 1 aliphatic rings. The monoisotopic (exact) mass is 376 g/mol. The van der Waals surface area contributed by atoms with Crippen molar-refractivity contribution in [3.8, 4) is 5.75 Å². The van der Waals surface area contributed by atoms with Crippen molar-refractivity contribution in [1.82, 2.24) is 15.1 Å². The van der Waals surface area contributed by atoms with Crippen LogP contribution in [0.3, 0.4) is 0 Å². The summed E-state index contributed by atoms with van der Waals surface area (Å²) >= 11 is 1.62. The standard InChI is InChI=1S/C19H28N4O2S/c1-14(2)17-21-19(25-22-17)23-11-8-15(9-12-23)6-5-13-24-16-7-4-10-20-18(16)26-3/h4,7,10,14-15H,5-6,8-9,11-13H2,1-3H3. The lowest BCUT2D eigenvalue weighted by Gasteiger charge is -2.30. The third-order valence-electron chi connectivity index (χ3n) is 4.78. The van der Waals surface area contributed by atoms with Crippen molar-refractivity contribution >= 4 is 17.8 Å². The molecule has 0 aromatic carbocycles. The Bertz CT molecular complexity index is 684. The third-order valence-corrected chi connectivity index (χ3v) is 5.47. The number of thioether (sulfide) groups is 1. The Kier molecular flexibility index (Phi) is 6.77. The summed E-state index contributed by atoms with van der Waals surface area (Å²) in [5, 5.41) is 5.02. The van der Waals surface area contributed by atoms with Crippen molar-refractivity contribution in [3.05, 3.63) is 24.2 Å². The lowest BCUT2D eigenvalue weighted by Crippen LogP contribution is -2.34. The van der Waals surface area contributed by atoms with E-state index in [0.717, 1.165) is 48.6 Å². The molecule has 142 valence electrons. The molecule has 0 bridgehead atoms. The predicted molar refractivity (Wildman–Crippen MR) is 104 cm³/mol. The molecule has 3 rings (SSSR count). The van der Waals surface area contributed by atoms with Gasteiger partial charge < -0.3 is 14.2 Å². The molecule has 1 fully saturated rings. The average molecular weight is 377 g/mol. The van der Waals surface area contributed by atoms with E-state index in [1.165, 1.54) is 19.3 Å². The van der Waals surface area contributed by atoms with E-state index >= 15 is 0 Å². The molecular weight excluding hydrogens is 348 g/mol. The highest BCUT2D eigenvalue weighted by atomic mass is 32.2. The fourth-order valence-corrected chi connectivity index (χ4v) is 3.69. The molecule has 2 aromatic rings. The summed E-state index contributed by atoms with van der Waals surface area (Å²) < 4.78 is 11.3. The zero-order chi connectivity index (χ0) is 18.4. The second-order valence-electron chi connectivity index (χ2n) is 7.02. The van der Waals surface area contributed by atoms with Gasteiger partial charge in [0.2, 0.25) is 0 Å². The second-order valence-corrected chi connectivity index (χ2v) is 7.82. The maximum atomic E-state index is 5.91. The van der Waals surface area contributed by atoms with Gasteiger partial charge in [0.15, 0.2) is 11.6 Å². The van der Waals surface area contributed by atoms with Crippen LogP contribution in [0.2, 0.25) is 0 Å². The first-order valence-electron chi connectivity index (χ1n) is 9.37. The molecule has 6 nitrogen and oxygen atoms in total. The van der Waals surface area contributed by atoms with Gasteiger partial charge in [-0.05, 0) is 50.0 Å². The van der Waals surface area contributed by atoms with E-state index in [2.05, 4.69) is 33.9 Å². The van der Waals surface area contributed by atoms with Crippen LogP contribution in [0.4, 0.5) is 6.01 Å². The number of anilines is 1. The largest absolute Gasteiger partial charge is 0.491 e. The maximum Gasteiger partial charge on any atom is 0.324 e. The highest BCUT2D eigenvalue weighted by Gasteiger charge is 2.23. The molecule has 0 radical (unpaired) electrons. The van der Waals surface area contributed by atoms with Crippen LogP contribution in [-0.2, 0) is 0 Å². The molecular formula is C19H28N4O2S. The Morgan fingerprint density at radius 2 is 2.15 bits per heavy atom. The summed E-state index contributed by atoms with van der Waals surface area (Å²) in [5.74, 6) is 2.74. The Morgan fingerprint density at radius 1 is 1.35 bits per heavy atom. The van der Waals surface area contributed by atoms with Gasteiger partial charge in [-0.15, -0.1) is 11.8 Å². The molecule has 0 N–H and O–H groups in total. The number of piperidine rings is 1. The van der Waals surface area contributed by atoms with E-state index in [1.807, 2.05) is 18.4 Å². The number of ether oxygens (including phenoxy) is 1. The maximum absolute atomic E-state index is 5.91. The summed E-state index contributed by atoms with van der Waals surface area (Å²) in [6, 6.07) is 4.59.